The first kappa shape index (κ1) is 18.8. The molecule has 2 aromatic rings. The molecule has 1 N–H and O–H groups in total. The maximum absolute atomic E-state index is 12.8. The smallest absolute Gasteiger partial charge is 0.266 e. The molecule has 1 aliphatic heterocycles. The molecule has 27 heavy (non-hydrogen) atoms. The molecule has 0 aromatic heterocycles. The Morgan fingerprint density at radius 3 is 2.52 bits per heavy atom. The van der Waals surface area contributed by atoms with Crippen LogP contribution < -0.4 is 9.47 Å². The van der Waals surface area contributed by atoms with Crippen LogP contribution in [0.3, 0.4) is 0 Å². The van der Waals surface area contributed by atoms with Gasteiger partial charge in [0.1, 0.15) is 5.75 Å². The lowest BCUT2D eigenvalue weighted by Crippen LogP contribution is -2.28. The molecule has 0 saturated carbocycles. The summed E-state index contributed by atoms with van der Waals surface area (Å²) in [5, 5.41) is 10.0. The lowest BCUT2D eigenvalue weighted by Gasteiger charge is -2.12. The molecule has 0 atom stereocenters. The lowest BCUT2D eigenvalue weighted by atomic mass is 10.1. The number of amides is 1. The van der Waals surface area contributed by atoms with Gasteiger partial charge in [0.2, 0.25) is 0 Å². The third-order valence-electron chi connectivity index (χ3n) is 4.00. The topological polar surface area (TPSA) is 71.4 Å². The molecule has 140 valence electrons. The summed E-state index contributed by atoms with van der Waals surface area (Å²) in [4.78, 5) is 19.5. The number of likely N-dealkylation sites (N-methyl/N-ethyl adjacent to an activating group) is 1. The fourth-order valence-corrected chi connectivity index (χ4v) is 3.73. The number of amidine groups is 1. The quantitative estimate of drug-likeness (QED) is 0.788. The van der Waals surface area contributed by atoms with Crippen LogP contribution in [0.1, 0.15) is 12.5 Å². The van der Waals surface area contributed by atoms with E-state index in [1.54, 1.807) is 55.5 Å². The number of nitrogens with zero attached hydrogens (tertiary/aromatic N) is 2. The second-order valence-electron chi connectivity index (χ2n) is 5.65. The third-order valence-corrected chi connectivity index (χ3v) is 5.01. The van der Waals surface area contributed by atoms with Gasteiger partial charge in [-0.3, -0.25) is 9.69 Å². The second kappa shape index (κ2) is 8.18. The van der Waals surface area contributed by atoms with Gasteiger partial charge in [-0.15, -0.1) is 0 Å². The van der Waals surface area contributed by atoms with Crippen LogP contribution in [0, 0.1) is 0 Å². The molecule has 0 aliphatic carbocycles. The van der Waals surface area contributed by atoms with Crippen LogP contribution in [-0.2, 0) is 4.79 Å². The second-order valence-corrected chi connectivity index (χ2v) is 6.66. The van der Waals surface area contributed by atoms with E-state index >= 15 is 0 Å². The highest BCUT2D eigenvalue weighted by molar-refractivity contribution is 8.18. The van der Waals surface area contributed by atoms with Crippen LogP contribution in [0.25, 0.3) is 6.08 Å². The number of methoxy groups -OCH3 is 2. The van der Waals surface area contributed by atoms with E-state index in [9.17, 15) is 9.90 Å². The van der Waals surface area contributed by atoms with Crippen LogP contribution >= 0.6 is 11.8 Å². The molecular formula is C20H20N2O4S. The summed E-state index contributed by atoms with van der Waals surface area (Å²) in [5.41, 5.74) is 1.43. The molecule has 2 aromatic carbocycles. The standard InChI is InChI=1S/C20H20N2O4S/c1-4-22-19(24)17(12-13-6-5-7-16(25-2)18(13)26-3)27-20(22)21-14-8-10-15(23)11-9-14/h5-12,23H,4H2,1-3H3/b17-12-,21-20?. The number of phenols is 1. The molecule has 3 rings (SSSR count). The summed E-state index contributed by atoms with van der Waals surface area (Å²) in [5.74, 6) is 1.25. The van der Waals surface area contributed by atoms with Crippen molar-refractivity contribution in [2.24, 2.45) is 4.99 Å². The van der Waals surface area contributed by atoms with Crippen LogP contribution in [0.5, 0.6) is 17.2 Å². The zero-order valence-corrected chi connectivity index (χ0v) is 16.1. The van der Waals surface area contributed by atoms with E-state index in [1.807, 2.05) is 19.1 Å². The molecule has 1 fully saturated rings. The Bertz CT molecular complexity index is 907. The van der Waals surface area contributed by atoms with Crippen molar-refractivity contribution in [3.63, 3.8) is 0 Å². The molecule has 0 bridgehead atoms. The first-order valence-corrected chi connectivity index (χ1v) is 9.19. The fraction of sp³-hybridized carbons (Fsp3) is 0.200. The number of benzene rings is 2. The molecule has 7 heteroatoms. The van der Waals surface area contributed by atoms with Crippen molar-refractivity contribution in [1.82, 2.24) is 4.90 Å². The van der Waals surface area contributed by atoms with Crippen molar-refractivity contribution >= 4 is 34.6 Å². The lowest BCUT2D eigenvalue weighted by molar-refractivity contribution is -0.122. The monoisotopic (exact) mass is 384 g/mol. The zero-order valence-electron chi connectivity index (χ0n) is 15.3. The van der Waals surface area contributed by atoms with Crippen molar-refractivity contribution in [2.45, 2.75) is 6.92 Å². The number of aliphatic imine (C=N–C) groups is 1. The minimum absolute atomic E-state index is 0.107. The molecule has 1 aliphatic rings. The predicted molar refractivity (Wildman–Crippen MR) is 108 cm³/mol. The number of aromatic hydroxyl groups is 1. The number of carbonyl (C=O) groups is 1. The molecular weight excluding hydrogens is 364 g/mol. The zero-order chi connectivity index (χ0) is 19.4. The third kappa shape index (κ3) is 3.93. The van der Waals surface area contributed by atoms with Crippen molar-refractivity contribution in [3.8, 4) is 17.2 Å². The van der Waals surface area contributed by atoms with E-state index in [4.69, 9.17) is 9.47 Å². The van der Waals surface area contributed by atoms with E-state index in [2.05, 4.69) is 4.99 Å². The van der Waals surface area contributed by atoms with Crippen molar-refractivity contribution in [1.29, 1.82) is 0 Å². The Morgan fingerprint density at radius 2 is 1.89 bits per heavy atom. The minimum Gasteiger partial charge on any atom is -0.508 e. The van der Waals surface area contributed by atoms with Crippen LogP contribution in [0.2, 0.25) is 0 Å². The van der Waals surface area contributed by atoms with Crippen molar-refractivity contribution < 1.29 is 19.4 Å². The summed E-state index contributed by atoms with van der Waals surface area (Å²) in [6, 6.07) is 12.1. The Balaban J connectivity index is 1.97. The average molecular weight is 384 g/mol. The Hall–Kier alpha value is -2.93. The number of carbonyl (C=O) groups excluding carboxylic acids is 1. The summed E-state index contributed by atoms with van der Waals surface area (Å²) >= 11 is 1.31. The molecule has 6 nitrogen and oxygen atoms in total. The molecule has 1 saturated heterocycles. The molecule has 1 amide bonds. The molecule has 0 unspecified atom stereocenters. The Kier molecular flexibility index (Phi) is 5.71. The number of hydrogen-bond donors (Lipinski definition) is 1. The number of para-hydroxylation sites is 1. The molecule has 0 spiro atoms. The molecule has 1 heterocycles. The van der Waals surface area contributed by atoms with Gasteiger partial charge in [-0.05, 0) is 55.1 Å². The predicted octanol–water partition coefficient (Wildman–Crippen LogP) is 4.03. The van der Waals surface area contributed by atoms with E-state index in [0.717, 1.165) is 5.56 Å². The minimum atomic E-state index is -0.107. The molecule has 0 radical (unpaired) electrons. The van der Waals surface area contributed by atoms with Crippen LogP contribution in [0.4, 0.5) is 5.69 Å². The first-order chi connectivity index (χ1) is 13.1. The van der Waals surface area contributed by atoms with Gasteiger partial charge in [0, 0.05) is 12.1 Å². The van der Waals surface area contributed by atoms with Gasteiger partial charge < -0.3 is 14.6 Å². The number of rotatable bonds is 5. The highest BCUT2D eigenvalue weighted by Gasteiger charge is 2.32. The highest BCUT2D eigenvalue weighted by atomic mass is 32.2. The first-order valence-electron chi connectivity index (χ1n) is 8.37. The summed E-state index contributed by atoms with van der Waals surface area (Å²) in [6.45, 7) is 2.41. The van der Waals surface area contributed by atoms with Gasteiger partial charge >= 0.3 is 0 Å². The maximum Gasteiger partial charge on any atom is 0.266 e. The van der Waals surface area contributed by atoms with E-state index < -0.39 is 0 Å². The Labute approximate surface area is 162 Å². The Morgan fingerprint density at radius 1 is 1.15 bits per heavy atom. The average Bonchev–Trinajstić information content (AvgIpc) is 2.97. The van der Waals surface area contributed by atoms with Gasteiger partial charge in [-0.1, -0.05) is 12.1 Å². The number of ether oxygens (including phenoxy) is 2. The fourth-order valence-electron chi connectivity index (χ4n) is 2.67. The van der Waals surface area contributed by atoms with E-state index in [-0.39, 0.29) is 11.7 Å². The van der Waals surface area contributed by atoms with Gasteiger partial charge in [-0.2, -0.15) is 0 Å². The number of phenolic OH excluding ortho intramolecular Hbond substituents is 1. The van der Waals surface area contributed by atoms with E-state index in [1.165, 1.54) is 11.8 Å². The van der Waals surface area contributed by atoms with Gasteiger partial charge in [0.25, 0.3) is 5.91 Å². The largest absolute Gasteiger partial charge is 0.508 e. The summed E-state index contributed by atoms with van der Waals surface area (Å²) in [6.07, 6.45) is 1.79. The summed E-state index contributed by atoms with van der Waals surface area (Å²) < 4.78 is 10.8. The van der Waals surface area contributed by atoms with E-state index in [0.29, 0.717) is 33.8 Å². The normalized spacial score (nSPS) is 17.0. The van der Waals surface area contributed by atoms with Crippen molar-refractivity contribution in [3.05, 3.63) is 52.9 Å². The van der Waals surface area contributed by atoms with Gasteiger partial charge in [0.15, 0.2) is 16.7 Å². The number of thioether (sulfide) groups is 1. The van der Waals surface area contributed by atoms with Crippen molar-refractivity contribution in [2.75, 3.05) is 20.8 Å². The van der Waals surface area contributed by atoms with Crippen LogP contribution in [0.15, 0.2) is 52.4 Å². The van der Waals surface area contributed by atoms with Crippen LogP contribution in [-0.4, -0.2) is 41.8 Å². The highest BCUT2D eigenvalue weighted by Crippen LogP contribution is 2.38. The maximum atomic E-state index is 12.8. The SMILES string of the molecule is CCN1C(=O)/C(=C/c2cccc(OC)c2OC)SC1=Nc1ccc(O)cc1. The summed E-state index contributed by atoms with van der Waals surface area (Å²) in [7, 11) is 3.14. The van der Waals surface area contributed by atoms with Gasteiger partial charge in [-0.25, -0.2) is 4.99 Å². The van der Waals surface area contributed by atoms with Gasteiger partial charge in [0.05, 0.1) is 24.8 Å². The number of hydrogen-bond acceptors (Lipinski definition) is 6.